The molecule has 0 bridgehead atoms. The SMILES string of the molecule is COc1ccc(N2CCN3c4cc(OC)ccc4C[C@H](C(=O)N4CCN(C(C)=O)CC4)[C@@H]3C2)cc1. The van der Waals surface area contributed by atoms with Crippen molar-refractivity contribution in [1.29, 1.82) is 0 Å². The average Bonchev–Trinajstić information content (AvgIpc) is 2.91. The van der Waals surface area contributed by atoms with Crippen molar-refractivity contribution in [2.24, 2.45) is 5.92 Å². The monoisotopic (exact) mass is 478 g/mol. The molecule has 0 aromatic heterocycles. The van der Waals surface area contributed by atoms with Gasteiger partial charge in [-0.15, -0.1) is 0 Å². The smallest absolute Gasteiger partial charge is 0.228 e. The summed E-state index contributed by atoms with van der Waals surface area (Å²) in [6.45, 7) is 6.47. The highest BCUT2D eigenvalue weighted by Gasteiger charge is 2.43. The van der Waals surface area contributed by atoms with E-state index in [0.29, 0.717) is 32.6 Å². The summed E-state index contributed by atoms with van der Waals surface area (Å²) >= 11 is 0. The van der Waals surface area contributed by atoms with E-state index in [9.17, 15) is 9.59 Å². The fourth-order valence-corrected chi connectivity index (χ4v) is 5.69. The van der Waals surface area contributed by atoms with Crippen LogP contribution in [0.15, 0.2) is 42.5 Å². The van der Waals surface area contributed by atoms with Gasteiger partial charge >= 0.3 is 0 Å². The number of amides is 2. The molecule has 2 saturated heterocycles. The van der Waals surface area contributed by atoms with E-state index in [-0.39, 0.29) is 23.8 Å². The first-order valence-corrected chi connectivity index (χ1v) is 12.4. The number of anilines is 2. The highest BCUT2D eigenvalue weighted by molar-refractivity contribution is 5.83. The normalized spacial score (nSPS) is 21.8. The van der Waals surface area contributed by atoms with Crippen molar-refractivity contribution in [3.63, 3.8) is 0 Å². The Bertz CT molecular complexity index is 1080. The van der Waals surface area contributed by atoms with E-state index in [0.717, 1.165) is 36.8 Å². The molecule has 3 aliphatic heterocycles. The summed E-state index contributed by atoms with van der Waals surface area (Å²) in [4.78, 5) is 34.2. The zero-order chi connectivity index (χ0) is 24.5. The summed E-state index contributed by atoms with van der Waals surface area (Å²) in [6, 6.07) is 14.4. The van der Waals surface area contributed by atoms with Crippen LogP contribution in [0, 0.1) is 5.92 Å². The topological polar surface area (TPSA) is 65.6 Å². The van der Waals surface area contributed by atoms with Crippen LogP contribution in [0.2, 0.25) is 0 Å². The minimum absolute atomic E-state index is 0.0591. The first-order chi connectivity index (χ1) is 17.0. The predicted molar refractivity (Wildman–Crippen MR) is 135 cm³/mol. The lowest BCUT2D eigenvalue weighted by Gasteiger charge is -2.50. The Morgan fingerprint density at radius 3 is 2.14 bits per heavy atom. The van der Waals surface area contributed by atoms with E-state index in [1.54, 1.807) is 21.1 Å². The van der Waals surface area contributed by atoms with Gasteiger partial charge in [0.15, 0.2) is 0 Å². The second kappa shape index (κ2) is 9.68. The first kappa shape index (κ1) is 23.3. The number of hydrogen-bond donors (Lipinski definition) is 0. The predicted octanol–water partition coefficient (Wildman–Crippen LogP) is 2.26. The van der Waals surface area contributed by atoms with Crippen molar-refractivity contribution >= 4 is 23.2 Å². The number of benzene rings is 2. The van der Waals surface area contributed by atoms with E-state index in [4.69, 9.17) is 9.47 Å². The van der Waals surface area contributed by atoms with Crippen molar-refractivity contribution in [1.82, 2.24) is 9.80 Å². The van der Waals surface area contributed by atoms with Gasteiger partial charge in [0.2, 0.25) is 11.8 Å². The van der Waals surface area contributed by atoms with Gasteiger partial charge in [-0.3, -0.25) is 9.59 Å². The third-order valence-corrected chi connectivity index (χ3v) is 7.72. The van der Waals surface area contributed by atoms with E-state index in [2.05, 4.69) is 34.1 Å². The summed E-state index contributed by atoms with van der Waals surface area (Å²) in [5.74, 6) is 1.81. The first-order valence-electron chi connectivity index (χ1n) is 12.4. The number of fused-ring (bicyclic) bond motifs is 3. The third kappa shape index (κ3) is 4.49. The Morgan fingerprint density at radius 1 is 0.829 bits per heavy atom. The summed E-state index contributed by atoms with van der Waals surface area (Å²) in [5.41, 5.74) is 3.51. The fourth-order valence-electron chi connectivity index (χ4n) is 5.69. The van der Waals surface area contributed by atoms with Gasteiger partial charge < -0.3 is 29.1 Å². The van der Waals surface area contributed by atoms with Crippen LogP contribution in [0.25, 0.3) is 0 Å². The van der Waals surface area contributed by atoms with Crippen LogP contribution in [-0.2, 0) is 16.0 Å². The number of rotatable bonds is 4. The molecule has 186 valence electrons. The van der Waals surface area contributed by atoms with Gasteiger partial charge in [0.1, 0.15) is 11.5 Å². The maximum atomic E-state index is 13.9. The standard InChI is InChI=1S/C27H34N4O4/c1-19(32)28-10-12-29(13-11-28)27(33)24-16-20-4-7-23(35-3)17-25(20)31-15-14-30(18-26(24)31)21-5-8-22(34-2)9-6-21/h4-9,17,24,26H,10-16,18H2,1-3H3/t24-,26-/m0/s1. The number of carbonyl (C=O) groups excluding carboxylic acids is 2. The zero-order valence-electron chi connectivity index (χ0n) is 20.8. The van der Waals surface area contributed by atoms with Crippen LogP contribution < -0.4 is 19.3 Å². The maximum absolute atomic E-state index is 13.9. The molecule has 3 aliphatic rings. The molecule has 8 heteroatoms. The van der Waals surface area contributed by atoms with Gasteiger partial charge in [0.05, 0.1) is 26.2 Å². The van der Waals surface area contributed by atoms with Crippen molar-refractivity contribution in [2.75, 3.05) is 69.8 Å². The lowest BCUT2D eigenvalue weighted by Crippen LogP contribution is -2.62. The van der Waals surface area contributed by atoms with Crippen molar-refractivity contribution in [3.05, 3.63) is 48.0 Å². The largest absolute Gasteiger partial charge is 0.497 e. The van der Waals surface area contributed by atoms with Crippen LogP contribution in [-0.4, -0.2) is 87.7 Å². The molecule has 5 rings (SSSR count). The van der Waals surface area contributed by atoms with Crippen molar-refractivity contribution in [2.45, 2.75) is 19.4 Å². The Labute approximate surface area is 207 Å². The molecule has 2 fully saturated rings. The van der Waals surface area contributed by atoms with E-state index in [1.807, 2.05) is 28.0 Å². The quantitative estimate of drug-likeness (QED) is 0.672. The molecule has 0 radical (unpaired) electrons. The number of nitrogens with zero attached hydrogens (tertiary/aromatic N) is 4. The minimum atomic E-state index is -0.138. The molecular weight excluding hydrogens is 444 g/mol. The molecule has 3 heterocycles. The van der Waals surface area contributed by atoms with E-state index >= 15 is 0 Å². The summed E-state index contributed by atoms with van der Waals surface area (Å²) < 4.78 is 10.8. The Balaban J connectivity index is 1.42. The number of carbonyl (C=O) groups is 2. The molecule has 0 unspecified atom stereocenters. The number of ether oxygens (including phenoxy) is 2. The zero-order valence-corrected chi connectivity index (χ0v) is 20.8. The molecule has 2 aromatic rings. The molecular formula is C27H34N4O4. The fraction of sp³-hybridized carbons (Fsp3) is 0.481. The Morgan fingerprint density at radius 2 is 1.49 bits per heavy atom. The molecule has 2 aromatic carbocycles. The third-order valence-electron chi connectivity index (χ3n) is 7.72. The molecule has 2 atom stereocenters. The van der Waals surface area contributed by atoms with Crippen LogP contribution in [0.5, 0.6) is 11.5 Å². The average molecular weight is 479 g/mol. The van der Waals surface area contributed by atoms with E-state index in [1.165, 1.54) is 11.3 Å². The summed E-state index contributed by atoms with van der Waals surface area (Å²) in [6.07, 6.45) is 0.711. The highest BCUT2D eigenvalue weighted by Crippen LogP contribution is 2.39. The molecule has 2 amide bonds. The number of piperazine rings is 2. The summed E-state index contributed by atoms with van der Waals surface area (Å²) in [7, 11) is 3.37. The molecule has 0 aliphatic carbocycles. The lowest BCUT2D eigenvalue weighted by atomic mass is 9.82. The van der Waals surface area contributed by atoms with Gasteiger partial charge in [-0.05, 0) is 42.3 Å². The minimum Gasteiger partial charge on any atom is -0.497 e. The van der Waals surface area contributed by atoms with Gasteiger partial charge in [-0.1, -0.05) is 6.07 Å². The van der Waals surface area contributed by atoms with Crippen molar-refractivity contribution < 1.29 is 19.1 Å². The van der Waals surface area contributed by atoms with Crippen LogP contribution in [0.3, 0.4) is 0 Å². The van der Waals surface area contributed by atoms with Crippen LogP contribution in [0.1, 0.15) is 12.5 Å². The number of hydrogen-bond acceptors (Lipinski definition) is 6. The van der Waals surface area contributed by atoms with Gasteiger partial charge in [0, 0.05) is 70.2 Å². The molecule has 0 saturated carbocycles. The molecule has 0 N–H and O–H groups in total. The van der Waals surface area contributed by atoms with Crippen LogP contribution in [0.4, 0.5) is 11.4 Å². The number of methoxy groups -OCH3 is 2. The Hall–Kier alpha value is -3.42. The van der Waals surface area contributed by atoms with Gasteiger partial charge in [-0.2, -0.15) is 0 Å². The van der Waals surface area contributed by atoms with Gasteiger partial charge in [-0.25, -0.2) is 0 Å². The Kier molecular flexibility index (Phi) is 6.45. The lowest BCUT2D eigenvalue weighted by molar-refractivity contribution is -0.142. The molecule has 8 nitrogen and oxygen atoms in total. The van der Waals surface area contributed by atoms with Crippen LogP contribution >= 0.6 is 0 Å². The second-order valence-electron chi connectivity index (χ2n) is 9.54. The highest BCUT2D eigenvalue weighted by atomic mass is 16.5. The second-order valence-corrected chi connectivity index (χ2v) is 9.54. The molecule has 35 heavy (non-hydrogen) atoms. The van der Waals surface area contributed by atoms with Crippen molar-refractivity contribution in [3.8, 4) is 11.5 Å². The summed E-state index contributed by atoms with van der Waals surface area (Å²) in [5, 5.41) is 0. The van der Waals surface area contributed by atoms with Gasteiger partial charge in [0.25, 0.3) is 0 Å². The maximum Gasteiger partial charge on any atom is 0.228 e. The molecule has 0 spiro atoms. The van der Waals surface area contributed by atoms with E-state index < -0.39 is 0 Å².